The molecule has 1 aliphatic rings. The van der Waals surface area contributed by atoms with Crippen molar-refractivity contribution in [2.24, 2.45) is 0 Å². The van der Waals surface area contributed by atoms with E-state index in [0.29, 0.717) is 12.3 Å². The predicted molar refractivity (Wildman–Crippen MR) is 57.9 cm³/mol. The molecule has 0 bridgehead atoms. The van der Waals surface area contributed by atoms with E-state index in [1.165, 1.54) is 0 Å². The Morgan fingerprint density at radius 2 is 1.92 bits per heavy atom. The van der Waals surface area contributed by atoms with Gasteiger partial charge in [0.2, 0.25) is 5.91 Å². The molecule has 0 aromatic carbocycles. The molecule has 1 unspecified atom stereocenters. The molecule has 1 fully saturated rings. The lowest BCUT2D eigenvalue weighted by molar-refractivity contribution is -0.132. The Kier molecular flexibility index (Phi) is 4.68. The Labute approximate surface area is 82.7 Å². The molecule has 1 atom stereocenters. The highest BCUT2D eigenvalue weighted by Gasteiger charge is 2.17. The van der Waals surface area contributed by atoms with Crippen LogP contribution in [-0.4, -0.2) is 55.1 Å². The SMILES string of the molecule is CN1CCN(C(=O)CCCP)CC1. The van der Waals surface area contributed by atoms with Crippen molar-refractivity contribution < 1.29 is 4.79 Å². The molecule has 0 aliphatic carbocycles. The highest BCUT2D eigenvalue weighted by Crippen LogP contribution is 2.04. The zero-order valence-corrected chi connectivity index (χ0v) is 9.48. The minimum absolute atomic E-state index is 0.329. The Hall–Kier alpha value is -0.140. The molecule has 0 radical (unpaired) electrons. The van der Waals surface area contributed by atoms with E-state index in [4.69, 9.17) is 0 Å². The Morgan fingerprint density at radius 3 is 2.46 bits per heavy atom. The van der Waals surface area contributed by atoms with Crippen LogP contribution in [0.15, 0.2) is 0 Å². The van der Waals surface area contributed by atoms with Gasteiger partial charge >= 0.3 is 0 Å². The first-order valence-corrected chi connectivity index (χ1v) is 5.72. The normalized spacial score (nSPS) is 19.1. The van der Waals surface area contributed by atoms with E-state index in [2.05, 4.69) is 21.2 Å². The van der Waals surface area contributed by atoms with Crippen molar-refractivity contribution in [3.8, 4) is 0 Å². The van der Waals surface area contributed by atoms with Crippen LogP contribution >= 0.6 is 9.24 Å². The van der Waals surface area contributed by atoms with Crippen LogP contribution in [0.25, 0.3) is 0 Å². The summed E-state index contributed by atoms with van der Waals surface area (Å²) in [4.78, 5) is 15.8. The van der Waals surface area contributed by atoms with Crippen LogP contribution in [0.5, 0.6) is 0 Å². The first kappa shape index (κ1) is 10.9. The van der Waals surface area contributed by atoms with Crippen molar-refractivity contribution in [3.63, 3.8) is 0 Å². The van der Waals surface area contributed by atoms with Crippen LogP contribution in [0.3, 0.4) is 0 Å². The molecule has 13 heavy (non-hydrogen) atoms. The highest BCUT2D eigenvalue weighted by molar-refractivity contribution is 7.16. The second-order valence-electron chi connectivity index (χ2n) is 3.58. The number of carbonyl (C=O) groups excluding carboxylic acids is 1. The van der Waals surface area contributed by atoms with Gasteiger partial charge in [0.15, 0.2) is 0 Å². The fourth-order valence-corrected chi connectivity index (χ4v) is 1.67. The summed E-state index contributed by atoms with van der Waals surface area (Å²) in [5, 5.41) is 0. The number of hydrogen-bond acceptors (Lipinski definition) is 2. The van der Waals surface area contributed by atoms with Crippen LogP contribution in [0.1, 0.15) is 12.8 Å². The maximum absolute atomic E-state index is 11.6. The lowest BCUT2D eigenvalue weighted by atomic mass is 10.2. The van der Waals surface area contributed by atoms with E-state index < -0.39 is 0 Å². The molecular weight excluding hydrogens is 183 g/mol. The van der Waals surface area contributed by atoms with E-state index in [9.17, 15) is 4.79 Å². The lowest BCUT2D eigenvalue weighted by Gasteiger charge is -2.32. The van der Waals surface area contributed by atoms with Gasteiger partial charge in [-0.05, 0) is 19.6 Å². The van der Waals surface area contributed by atoms with Crippen molar-refractivity contribution in [1.82, 2.24) is 9.80 Å². The first-order valence-electron chi connectivity index (χ1n) is 4.90. The molecule has 0 saturated carbocycles. The van der Waals surface area contributed by atoms with E-state index >= 15 is 0 Å². The summed E-state index contributed by atoms with van der Waals surface area (Å²) >= 11 is 0. The van der Waals surface area contributed by atoms with Crippen LogP contribution in [0.2, 0.25) is 0 Å². The van der Waals surface area contributed by atoms with E-state index in [1.54, 1.807) is 0 Å². The maximum atomic E-state index is 11.6. The monoisotopic (exact) mass is 202 g/mol. The minimum atomic E-state index is 0.329. The van der Waals surface area contributed by atoms with Crippen molar-refractivity contribution >= 4 is 15.1 Å². The number of rotatable bonds is 3. The molecule has 1 saturated heterocycles. The third kappa shape index (κ3) is 3.61. The smallest absolute Gasteiger partial charge is 0.222 e. The quantitative estimate of drug-likeness (QED) is 0.619. The molecule has 0 spiro atoms. The number of piperazine rings is 1. The number of nitrogens with zero attached hydrogens (tertiary/aromatic N) is 2. The lowest BCUT2D eigenvalue weighted by Crippen LogP contribution is -2.47. The number of amides is 1. The van der Waals surface area contributed by atoms with Crippen LogP contribution in [0.4, 0.5) is 0 Å². The number of hydrogen-bond donors (Lipinski definition) is 0. The van der Waals surface area contributed by atoms with Crippen molar-refractivity contribution in [2.45, 2.75) is 12.8 Å². The predicted octanol–water partition coefficient (Wildman–Crippen LogP) is 0.416. The average molecular weight is 202 g/mol. The minimum Gasteiger partial charge on any atom is -0.340 e. The second kappa shape index (κ2) is 5.56. The summed E-state index contributed by atoms with van der Waals surface area (Å²) in [6, 6.07) is 0. The Bertz CT molecular complexity index is 167. The fraction of sp³-hybridized carbons (Fsp3) is 0.889. The van der Waals surface area contributed by atoms with Crippen molar-refractivity contribution in [3.05, 3.63) is 0 Å². The molecule has 0 N–H and O–H groups in total. The Morgan fingerprint density at radius 1 is 1.31 bits per heavy atom. The largest absolute Gasteiger partial charge is 0.340 e. The van der Waals surface area contributed by atoms with Gasteiger partial charge < -0.3 is 9.80 Å². The molecule has 4 heteroatoms. The molecule has 0 aromatic heterocycles. The zero-order valence-electron chi connectivity index (χ0n) is 8.33. The zero-order chi connectivity index (χ0) is 9.68. The first-order chi connectivity index (χ1) is 6.24. The standard InChI is InChI=1S/C9H19N2OP/c1-10-4-6-11(7-5-10)9(12)3-2-8-13/h2-8,13H2,1H3. The van der Waals surface area contributed by atoms with Gasteiger partial charge in [0.1, 0.15) is 0 Å². The summed E-state index contributed by atoms with van der Waals surface area (Å²) in [5.74, 6) is 0.329. The Balaban J connectivity index is 2.23. The highest BCUT2D eigenvalue weighted by atomic mass is 31.0. The molecule has 0 aromatic rings. The molecule has 1 rings (SSSR count). The van der Waals surface area contributed by atoms with Gasteiger partial charge in [-0.15, -0.1) is 9.24 Å². The summed E-state index contributed by atoms with van der Waals surface area (Å²) in [6.07, 6.45) is 2.74. The number of carbonyl (C=O) groups is 1. The maximum Gasteiger partial charge on any atom is 0.222 e. The van der Waals surface area contributed by atoms with E-state index in [0.717, 1.165) is 38.8 Å². The molecule has 76 valence electrons. The van der Waals surface area contributed by atoms with Gasteiger partial charge in [0.05, 0.1) is 0 Å². The van der Waals surface area contributed by atoms with Crippen LogP contribution in [0, 0.1) is 0 Å². The summed E-state index contributed by atoms with van der Waals surface area (Å²) in [7, 11) is 4.76. The van der Waals surface area contributed by atoms with Gasteiger partial charge in [-0.2, -0.15) is 0 Å². The van der Waals surface area contributed by atoms with E-state index in [1.807, 2.05) is 4.90 Å². The van der Waals surface area contributed by atoms with E-state index in [-0.39, 0.29) is 0 Å². The topological polar surface area (TPSA) is 23.6 Å². The van der Waals surface area contributed by atoms with Gasteiger partial charge in [-0.25, -0.2) is 0 Å². The second-order valence-corrected chi connectivity index (χ2v) is 4.15. The van der Waals surface area contributed by atoms with Gasteiger partial charge in [-0.1, -0.05) is 0 Å². The summed E-state index contributed by atoms with van der Waals surface area (Å²) in [5.41, 5.74) is 0. The number of likely N-dealkylation sites (N-methyl/N-ethyl adjacent to an activating group) is 1. The van der Waals surface area contributed by atoms with Gasteiger partial charge in [0, 0.05) is 32.6 Å². The summed E-state index contributed by atoms with van der Waals surface area (Å²) < 4.78 is 0. The molecule has 1 aliphatic heterocycles. The van der Waals surface area contributed by atoms with Crippen LogP contribution < -0.4 is 0 Å². The molecule has 1 heterocycles. The fourth-order valence-electron chi connectivity index (χ4n) is 1.47. The third-order valence-electron chi connectivity index (χ3n) is 2.45. The summed E-state index contributed by atoms with van der Waals surface area (Å²) in [6.45, 7) is 3.86. The van der Waals surface area contributed by atoms with Gasteiger partial charge in [0.25, 0.3) is 0 Å². The van der Waals surface area contributed by atoms with Gasteiger partial charge in [-0.3, -0.25) is 4.79 Å². The molecule has 3 nitrogen and oxygen atoms in total. The molecule has 1 amide bonds. The average Bonchev–Trinajstić information content (AvgIpc) is 2.15. The van der Waals surface area contributed by atoms with Crippen molar-refractivity contribution in [2.75, 3.05) is 39.4 Å². The third-order valence-corrected chi connectivity index (χ3v) is 2.86. The van der Waals surface area contributed by atoms with Crippen molar-refractivity contribution in [1.29, 1.82) is 0 Å². The molecular formula is C9H19N2OP. The van der Waals surface area contributed by atoms with Crippen LogP contribution in [-0.2, 0) is 4.79 Å².